The highest BCUT2D eigenvalue weighted by Gasteiger charge is 2.40. The highest BCUT2D eigenvalue weighted by atomic mass is 79.9. The average molecular weight is 408 g/mol. The summed E-state index contributed by atoms with van der Waals surface area (Å²) in [5, 5.41) is 2.68. The van der Waals surface area contributed by atoms with Crippen LogP contribution in [-0.4, -0.2) is 22.8 Å². The number of halogens is 2. The fourth-order valence-corrected chi connectivity index (χ4v) is 2.07. The van der Waals surface area contributed by atoms with Crippen molar-refractivity contribution < 1.29 is 14.3 Å². The summed E-state index contributed by atoms with van der Waals surface area (Å²) in [6.45, 7) is 3.61. The van der Waals surface area contributed by atoms with Crippen LogP contribution in [0.4, 0.5) is 5.69 Å². The van der Waals surface area contributed by atoms with Crippen LogP contribution in [0.15, 0.2) is 22.7 Å². The number of hydrogen-bond donors (Lipinski definition) is 2. The van der Waals surface area contributed by atoms with E-state index in [9.17, 15) is 9.59 Å². The molecule has 1 rings (SSSR count). The Labute approximate surface area is 134 Å². The minimum absolute atomic E-state index is 0.208. The second-order valence-electron chi connectivity index (χ2n) is 4.18. The first-order chi connectivity index (χ1) is 9.32. The van der Waals surface area contributed by atoms with Crippen molar-refractivity contribution in [3.8, 4) is 0 Å². The number of anilines is 1. The van der Waals surface area contributed by atoms with Gasteiger partial charge in [0.25, 0.3) is 5.91 Å². The monoisotopic (exact) mass is 406 g/mol. The molecule has 0 saturated carbocycles. The molecule has 1 aromatic carbocycles. The summed E-state index contributed by atoms with van der Waals surface area (Å²) in [6, 6.07) is 5.31. The number of amides is 1. The zero-order valence-electron chi connectivity index (χ0n) is 11.2. The molecule has 0 fully saturated rings. The Hall–Kier alpha value is -0.920. The first-order valence-electron chi connectivity index (χ1n) is 5.99. The van der Waals surface area contributed by atoms with Gasteiger partial charge in [0, 0.05) is 16.7 Å². The lowest BCUT2D eigenvalue weighted by Gasteiger charge is -2.20. The van der Waals surface area contributed by atoms with Crippen LogP contribution in [0.25, 0.3) is 0 Å². The lowest BCUT2D eigenvalue weighted by molar-refractivity contribution is -0.147. The third-order valence-corrected chi connectivity index (χ3v) is 3.80. The van der Waals surface area contributed by atoms with E-state index in [0.717, 1.165) is 10.0 Å². The summed E-state index contributed by atoms with van der Waals surface area (Å²) in [7, 11) is 0. The van der Waals surface area contributed by atoms with E-state index in [1.165, 1.54) is 6.92 Å². The van der Waals surface area contributed by atoms with E-state index in [0.29, 0.717) is 5.69 Å². The molecule has 1 amide bonds. The average Bonchev–Trinajstić information content (AvgIpc) is 2.40. The van der Waals surface area contributed by atoms with Crippen LogP contribution in [-0.2, 0) is 20.9 Å². The second-order valence-corrected chi connectivity index (χ2v) is 6.68. The fraction of sp³-hybridized carbons (Fsp3) is 0.385. The maximum atomic E-state index is 12.2. The van der Waals surface area contributed by atoms with Crippen molar-refractivity contribution in [1.82, 2.24) is 0 Å². The summed E-state index contributed by atoms with van der Waals surface area (Å²) in [5.74, 6) is -1.14. The van der Waals surface area contributed by atoms with Gasteiger partial charge in [0.1, 0.15) is 0 Å². The number of nitrogens with two attached hydrogens (primary N) is 1. The van der Waals surface area contributed by atoms with E-state index in [2.05, 4.69) is 37.2 Å². The number of nitrogens with one attached hydrogen (secondary N) is 1. The van der Waals surface area contributed by atoms with Crippen molar-refractivity contribution in [3.05, 3.63) is 28.2 Å². The summed E-state index contributed by atoms with van der Waals surface area (Å²) in [5.41, 5.74) is 6.97. The molecule has 7 heteroatoms. The molecule has 0 bridgehead atoms. The second kappa shape index (κ2) is 7.19. The van der Waals surface area contributed by atoms with Crippen molar-refractivity contribution in [3.63, 3.8) is 0 Å². The van der Waals surface area contributed by atoms with Gasteiger partial charge in [-0.15, -0.1) is 0 Å². The standard InChI is InChI=1S/C13H16Br2N2O3/c1-3-20-12(19)13(2,15)11(18)17-10-5-4-9(14)6-8(10)7-16/h4-6H,3,7,16H2,1-2H3,(H,17,18). The Morgan fingerprint density at radius 3 is 2.65 bits per heavy atom. The lowest BCUT2D eigenvalue weighted by Crippen LogP contribution is -2.43. The van der Waals surface area contributed by atoms with Gasteiger partial charge in [0.2, 0.25) is 0 Å². The van der Waals surface area contributed by atoms with Gasteiger partial charge in [0.15, 0.2) is 4.32 Å². The van der Waals surface area contributed by atoms with E-state index in [-0.39, 0.29) is 13.2 Å². The molecule has 1 atom stereocenters. The molecule has 110 valence electrons. The third-order valence-electron chi connectivity index (χ3n) is 2.62. The summed E-state index contributed by atoms with van der Waals surface area (Å²) >= 11 is 6.44. The van der Waals surface area contributed by atoms with Crippen LogP contribution in [0.3, 0.4) is 0 Å². The number of benzene rings is 1. The maximum Gasteiger partial charge on any atom is 0.332 e. The quantitative estimate of drug-likeness (QED) is 0.446. The molecule has 1 aromatic rings. The van der Waals surface area contributed by atoms with E-state index < -0.39 is 16.2 Å². The molecule has 0 aliphatic rings. The summed E-state index contributed by atoms with van der Waals surface area (Å²) < 4.78 is 4.28. The molecule has 0 heterocycles. The molecule has 20 heavy (non-hydrogen) atoms. The Balaban J connectivity index is 2.93. The normalized spacial score (nSPS) is 13.4. The van der Waals surface area contributed by atoms with Crippen LogP contribution < -0.4 is 11.1 Å². The fourth-order valence-electron chi connectivity index (χ4n) is 1.45. The molecule has 5 nitrogen and oxygen atoms in total. The van der Waals surface area contributed by atoms with Crippen molar-refractivity contribution in [2.75, 3.05) is 11.9 Å². The van der Waals surface area contributed by atoms with Gasteiger partial charge in [-0.2, -0.15) is 0 Å². The van der Waals surface area contributed by atoms with Gasteiger partial charge in [-0.05, 0) is 37.6 Å². The lowest BCUT2D eigenvalue weighted by atomic mass is 10.1. The Morgan fingerprint density at radius 2 is 2.10 bits per heavy atom. The molecule has 0 radical (unpaired) electrons. The van der Waals surface area contributed by atoms with Crippen molar-refractivity contribution >= 4 is 49.4 Å². The molecule has 1 unspecified atom stereocenters. The largest absolute Gasteiger partial charge is 0.465 e. The van der Waals surface area contributed by atoms with Crippen molar-refractivity contribution in [2.45, 2.75) is 24.7 Å². The highest BCUT2D eigenvalue weighted by Crippen LogP contribution is 2.25. The van der Waals surface area contributed by atoms with Crippen LogP contribution in [0, 0.1) is 0 Å². The summed E-state index contributed by atoms with van der Waals surface area (Å²) in [4.78, 5) is 23.9. The molecule has 3 N–H and O–H groups in total. The number of carbonyl (C=O) groups is 2. The molecule has 0 aliphatic heterocycles. The highest BCUT2D eigenvalue weighted by molar-refractivity contribution is 9.10. The predicted octanol–water partition coefficient (Wildman–Crippen LogP) is 2.56. The minimum atomic E-state index is -1.44. The van der Waals surface area contributed by atoms with Crippen LogP contribution >= 0.6 is 31.9 Å². The van der Waals surface area contributed by atoms with Gasteiger partial charge in [0.05, 0.1) is 6.61 Å². The zero-order chi connectivity index (χ0) is 15.3. The predicted molar refractivity (Wildman–Crippen MR) is 84.6 cm³/mol. The first-order valence-corrected chi connectivity index (χ1v) is 7.57. The van der Waals surface area contributed by atoms with E-state index >= 15 is 0 Å². The number of carbonyl (C=O) groups excluding carboxylic acids is 2. The molecular formula is C13H16Br2N2O3. The summed E-state index contributed by atoms with van der Waals surface area (Å²) in [6.07, 6.45) is 0. The van der Waals surface area contributed by atoms with Gasteiger partial charge in [-0.25, -0.2) is 4.79 Å². The number of rotatable bonds is 5. The number of ether oxygens (including phenoxy) is 1. The van der Waals surface area contributed by atoms with Gasteiger partial charge >= 0.3 is 5.97 Å². The van der Waals surface area contributed by atoms with Gasteiger partial charge in [-0.3, -0.25) is 4.79 Å². The Bertz CT molecular complexity index is 518. The van der Waals surface area contributed by atoms with Crippen LogP contribution in [0.1, 0.15) is 19.4 Å². The molecule has 0 saturated heterocycles. The van der Waals surface area contributed by atoms with E-state index in [1.807, 2.05) is 6.07 Å². The zero-order valence-corrected chi connectivity index (χ0v) is 14.4. The Morgan fingerprint density at radius 1 is 1.45 bits per heavy atom. The van der Waals surface area contributed by atoms with Crippen molar-refractivity contribution in [2.24, 2.45) is 5.73 Å². The molecule has 0 spiro atoms. The van der Waals surface area contributed by atoms with Gasteiger partial charge in [-0.1, -0.05) is 31.9 Å². The minimum Gasteiger partial charge on any atom is -0.465 e. The van der Waals surface area contributed by atoms with E-state index in [4.69, 9.17) is 10.5 Å². The van der Waals surface area contributed by atoms with Crippen LogP contribution in [0.2, 0.25) is 0 Å². The van der Waals surface area contributed by atoms with Crippen molar-refractivity contribution in [1.29, 1.82) is 0 Å². The Kier molecular flexibility index (Phi) is 6.16. The number of alkyl halides is 1. The third kappa shape index (κ3) is 4.04. The topological polar surface area (TPSA) is 81.4 Å². The van der Waals surface area contributed by atoms with E-state index in [1.54, 1.807) is 19.1 Å². The van der Waals surface area contributed by atoms with Crippen LogP contribution in [0.5, 0.6) is 0 Å². The smallest absolute Gasteiger partial charge is 0.332 e. The molecule has 0 aromatic heterocycles. The number of hydrogen-bond acceptors (Lipinski definition) is 4. The van der Waals surface area contributed by atoms with Gasteiger partial charge < -0.3 is 15.8 Å². The molecule has 0 aliphatic carbocycles. The molecular weight excluding hydrogens is 392 g/mol. The maximum absolute atomic E-state index is 12.2. The first kappa shape index (κ1) is 17.1. The SMILES string of the molecule is CCOC(=O)C(C)(Br)C(=O)Nc1ccc(Br)cc1CN. The number of esters is 1.